The third kappa shape index (κ3) is 5.63. The predicted octanol–water partition coefficient (Wildman–Crippen LogP) is 2.67. The molecule has 122 valence electrons. The van der Waals surface area contributed by atoms with Crippen LogP contribution in [-0.4, -0.2) is 29.8 Å². The fraction of sp³-hybridized carbons (Fsp3) is 0.429. The first kappa shape index (κ1) is 17.8. The van der Waals surface area contributed by atoms with E-state index in [4.69, 9.17) is 9.84 Å². The van der Waals surface area contributed by atoms with Crippen molar-refractivity contribution in [2.75, 3.05) is 6.61 Å². The Bertz CT molecular complexity index is 514. The maximum Gasteiger partial charge on any atom is 0.471 e. The molecule has 1 aromatic rings. The molecule has 0 aromatic heterocycles. The molecule has 1 amide bonds. The van der Waals surface area contributed by atoms with E-state index in [1.54, 1.807) is 5.32 Å². The molecule has 0 bridgehead atoms. The highest BCUT2D eigenvalue weighted by atomic mass is 19.4. The van der Waals surface area contributed by atoms with Gasteiger partial charge in [-0.1, -0.05) is 19.1 Å². The van der Waals surface area contributed by atoms with E-state index >= 15 is 0 Å². The van der Waals surface area contributed by atoms with Gasteiger partial charge in [0.1, 0.15) is 5.75 Å². The second kappa shape index (κ2) is 7.67. The van der Waals surface area contributed by atoms with Gasteiger partial charge in [-0.2, -0.15) is 13.2 Å². The minimum absolute atomic E-state index is 0.254. The lowest BCUT2D eigenvalue weighted by molar-refractivity contribution is -0.174. The van der Waals surface area contributed by atoms with Crippen LogP contribution in [0.5, 0.6) is 5.75 Å². The Morgan fingerprint density at radius 1 is 1.27 bits per heavy atom. The van der Waals surface area contributed by atoms with Crippen molar-refractivity contribution in [3.05, 3.63) is 29.8 Å². The lowest BCUT2D eigenvalue weighted by Gasteiger charge is -2.18. The average Bonchev–Trinajstić information content (AvgIpc) is 2.43. The fourth-order valence-corrected chi connectivity index (χ4v) is 1.68. The van der Waals surface area contributed by atoms with Gasteiger partial charge in [-0.25, -0.2) is 0 Å². The zero-order valence-corrected chi connectivity index (χ0v) is 11.8. The van der Waals surface area contributed by atoms with Crippen molar-refractivity contribution in [2.24, 2.45) is 0 Å². The van der Waals surface area contributed by atoms with E-state index in [2.05, 4.69) is 0 Å². The fourth-order valence-electron chi connectivity index (χ4n) is 1.68. The second-order valence-corrected chi connectivity index (χ2v) is 4.54. The average molecular weight is 319 g/mol. The number of rotatable bonds is 7. The summed E-state index contributed by atoms with van der Waals surface area (Å²) in [5.41, 5.74) is 0.254. The van der Waals surface area contributed by atoms with Crippen LogP contribution in [0.25, 0.3) is 0 Å². The number of carboxylic acids is 1. The molecule has 0 saturated carbocycles. The predicted molar refractivity (Wildman–Crippen MR) is 71.4 cm³/mol. The molecule has 0 aliphatic rings. The van der Waals surface area contributed by atoms with Crippen molar-refractivity contribution in [1.29, 1.82) is 0 Å². The van der Waals surface area contributed by atoms with Gasteiger partial charge in [0.05, 0.1) is 19.1 Å². The molecule has 0 heterocycles. The van der Waals surface area contributed by atoms with Gasteiger partial charge in [0, 0.05) is 0 Å². The molecule has 8 heteroatoms. The van der Waals surface area contributed by atoms with E-state index in [0.717, 1.165) is 6.42 Å². The van der Waals surface area contributed by atoms with E-state index in [0.29, 0.717) is 12.4 Å². The standard InChI is InChI=1S/C14H16F3NO4/c1-2-7-22-10-5-3-9(4-6-10)11(8-12(19)20)18-13(21)14(15,16)17/h3-6,11H,2,7-8H2,1H3,(H,18,21)(H,19,20). The Kier molecular flexibility index (Phi) is 6.21. The quantitative estimate of drug-likeness (QED) is 0.810. The lowest BCUT2D eigenvalue weighted by Crippen LogP contribution is -2.39. The molecular formula is C14H16F3NO4. The van der Waals surface area contributed by atoms with Crippen LogP contribution in [0.2, 0.25) is 0 Å². The molecule has 1 aromatic carbocycles. The van der Waals surface area contributed by atoms with Gasteiger partial charge in [-0.05, 0) is 24.1 Å². The summed E-state index contributed by atoms with van der Waals surface area (Å²) in [6.07, 6.45) is -4.93. The van der Waals surface area contributed by atoms with Gasteiger partial charge >= 0.3 is 18.1 Å². The highest BCUT2D eigenvalue weighted by Crippen LogP contribution is 2.23. The Labute approximate surface area is 125 Å². The molecule has 0 radical (unpaired) electrons. The Morgan fingerprint density at radius 3 is 2.32 bits per heavy atom. The third-order valence-corrected chi connectivity index (χ3v) is 2.70. The molecular weight excluding hydrogens is 303 g/mol. The first-order valence-corrected chi connectivity index (χ1v) is 6.56. The normalized spacial score (nSPS) is 12.5. The summed E-state index contributed by atoms with van der Waals surface area (Å²) in [7, 11) is 0. The van der Waals surface area contributed by atoms with E-state index in [1.807, 2.05) is 6.92 Å². The molecule has 0 aliphatic carbocycles. The summed E-state index contributed by atoms with van der Waals surface area (Å²) in [4.78, 5) is 21.7. The second-order valence-electron chi connectivity index (χ2n) is 4.54. The summed E-state index contributed by atoms with van der Waals surface area (Å²) in [5, 5.41) is 10.5. The smallest absolute Gasteiger partial charge is 0.471 e. The molecule has 2 N–H and O–H groups in total. The number of benzene rings is 1. The van der Waals surface area contributed by atoms with Crippen LogP contribution in [0.4, 0.5) is 13.2 Å². The Morgan fingerprint density at radius 2 is 1.86 bits per heavy atom. The molecule has 1 unspecified atom stereocenters. The van der Waals surface area contributed by atoms with E-state index < -0.39 is 30.5 Å². The summed E-state index contributed by atoms with van der Waals surface area (Å²) in [6.45, 7) is 2.41. The van der Waals surface area contributed by atoms with Gasteiger partial charge in [-0.3, -0.25) is 9.59 Å². The zero-order chi connectivity index (χ0) is 16.8. The number of ether oxygens (including phenoxy) is 1. The summed E-state index contributed by atoms with van der Waals surface area (Å²) in [5.74, 6) is -2.98. The number of carbonyl (C=O) groups is 2. The number of nitrogens with one attached hydrogen (secondary N) is 1. The molecule has 0 fully saturated rings. The highest BCUT2D eigenvalue weighted by Gasteiger charge is 2.40. The molecule has 0 aliphatic heterocycles. The van der Waals surface area contributed by atoms with E-state index in [9.17, 15) is 22.8 Å². The van der Waals surface area contributed by atoms with Crippen molar-refractivity contribution in [1.82, 2.24) is 5.32 Å². The van der Waals surface area contributed by atoms with Crippen LogP contribution in [0.15, 0.2) is 24.3 Å². The van der Waals surface area contributed by atoms with E-state index in [-0.39, 0.29) is 5.56 Å². The van der Waals surface area contributed by atoms with Gasteiger partial charge in [0.15, 0.2) is 0 Å². The largest absolute Gasteiger partial charge is 0.494 e. The maximum atomic E-state index is 12.3. The number of aliphatic carboxylic acids is 1. The van der Waals surface area contributed by atoms with Crippen molar-refractivity contribution in [3.8, 4) is 5.75 Å². The molecule has 22 heavy (non-hydrogen) atoms. The van der Waals surface area contributed by atoms with Crippen LogP contribution in [0, 0.1) is 0 Å². The number of amides is 1. The first-order chi connectivity index (χ1) is 10.2. The van der Waals surface area contributed by atoms with Crippen LogP contribution >= 0.6 is 0 Å². The molecule has 1 rings (SSSR count). The maximum absolute atomic E-state index is 12.3. The van der Waals surface area contributed by atoms with Crippen molar-refractivity contribution in [3.63, 3.8) is 0 Å². The van der Waals surface area contributed by atoms with Gasteiger partial charge in [0.25, 0.3) is 0 Å². The van der Waals surface area contributed by atoms with Crippen LogP contribution in [0.3, 0.4) is 0 Å². The van der Waals surface area contributed by atoms with Gasteiger partial charge in [0.2, 0.25) is 0 Å². The number of hydrogen-bond acceptors (Lipinski definition) is 3. The SMILES string of the molecule is CCCOc1ccc(C(CC(=O)O)NC(=O)C(F)(F)F)cc1. The third-order valence-electron chi connectivity index (χ3n) is 2.70. The zero-order valence-electron chi connectivity index (χ0n) is 11.8. The van der Waals surface area contributed by atoms with Crippen molar-refractivity contribution in [2.45, 2.75) is 32.0 Å². The molecule has 0 saturated heterocycles. The minimum Gasteiger partial charge on any atom is -0.494 e. The number of hydrogen-bond donors (Lipinski definition) is 2. The lowest BCUT2D eigenvalue weighted by atomic mass is 10.0. The number of alkyl halides is 3. The topological polar surface area (TPSA) is 75.6 Å². The van der Waals surface area contributed by atoms with Gasteiger partial charge < -0.3 is 15.2 Å². The summed E-state index contributed by atoms with van der Waals surface area (Å²) >= 11 is 0. The monoisotopic (exact) mass is 319 g/mol. The molecule has 5 nitrogen and oxygen atoms in total. The minimum atomic E-state index is -5.07. The van der Waals surface area contributed by atoms with Gasteiger partial charge in [-0.15, -0.1) is 0 Å². The van der Waals surface area contributed by atoms with E-state index in [1.165, 1.54) is 24.3 Å². The Balaban J connectivity index is 2.87. The highest BCUT2D eigenvalue weighted by molar-refractivity contribution is 5.82. The summed E-state index contributed by atoms with van der Waals surface area (Å²) in [6, 6.07) is 4.61. The van der Waals surface area contributed by atoms with Crippen LogP contribution in [0.1, 0.15) is 31.4 Å². The van der Waals surface area contributed by atoms with Crippen LogP contribution in [-0.2, 0) is 9.59 Å². The summed E-state index contributed by atoms with van der Waals surface area (Å²) < 4.78 is 42.2. The van der Waals surface area contributed by atoms with Crippen molar-refractivity contribution < 1.29 is 32.6 Å². The van der Waals surface area contributed by atoms with Crippen molar-refractivity contribution >= 4 is 11.9 Å². The molecule has 1 atom stereocenters. The Hall–Kier alpha value is -2.25. The van der Waals surface area contributed by atoms with Crippen LogP contribution < -0.4 is 10.1 Å². The number of halogens is 3. The molecule has 0 spiro atoms. The first-order valence-electron chi connectivity index (χ1n) is 6.56. The number of carboxylic acid groups (broad SMARTS) is 1. The number of carbonyl (C=O) groups excluding carboxylic acids is 1.